The minimum atomic E-state index is -0.481. The number of imide groups is 1. The largest absolute Gasteiger partial charge is 0.336 e. The lowest BCUT2D eigenvalue weighted by Crippen LogP contribution is -2.47. The second-order valence-electron chi connectivity index (χ2n) is 10.5. The molecule has 232 valence electrons. The van der Waals surface area contributed by atoms with Crippen molar-refractivity contribution < 1.29 is 14.4 Å². The number of benzene rings is 2. The molecular weight excluding hydrogens is 542 g/mol. The van der Waals surface area contributed by atoms with Gasteiger partial charge in [0, 0.05) is 37.9 Å². The van der Waals surface area contributed by atoms with Crippen LogP contribution in [0.25, 0.3) is 0 Å². The molecule has 0 aliphatic heterocycles. The smallest absolute Gasteiger partial charge is 0.246 e. The van der Waals surface area contributed by atoms with Crippen LogP contribution < -0.4 is 16.0 Å². The number of carbonyl (C=O) groups excluding carboxylic acids is 3. The molecule has 0 aliphatic rings. The third-order valence-corrected chi connectivity index (χ3v) is 7.44. The van der Waals surface area contributed by atoms with Gasteiger partial charge in [0.2, 0.25) is 17.7 Å². The van der Waals surface area contributed by atoms with E-state index < -0.39 is 11.8 Å². The monoisotopic (exact) mass is 589 g/mol. The highest BCUT2D eigenvalue weighted by Crippen LogP contribution is 2.27. The average molecular weight is 590 g/mol. The lowest BCUT2D eigenvalue weighted by molar-refractivity contribution is -0.137. The molecule has 0 atom stereocenters. The van der Waals surface area contributed by atoms with Crippen LogP contribution in [0.5, 0.6) is 0 Å². The summed E-state index contributed by atoms with van der Waals surface area (Å²) in [5.41, 5.74) is 2.47. The van der Waals surface area contributed by atoms with E-state index in [2.05, 4.69) is 63.9 Å². The Hall–Kier alpha value is -3.86. The Kier molecular flexibility index (Phi) is 15.1. The fourth-order valence-corrected chi connectivity index (χ4v) is 5.01. The molecule has 0 saturated carbocycles. The van der Waals surface area contributed by atoms with Gasteiger partial charge in [0.25, 0.3) is 0 Å². The maximum absolute atomic E-state index is 13.3. The van der Waals surface area contributed by atoms with Crippen molar-refractivity contribution >= 4 is 17.7 Å². The summed E-state index contributed by atoms with van der Waals surface area (Å²) in [6.07, 6.45) is 6.82. The lowest BCUT2D eigenvalue weighted by Gasteiger charge is -2.25. The second kappa shape index (κ2) is 19.4. The van der Waals surface area contributed by atoms with E-state index in [1.54, 1.807) is 17.4 Å². The summed E-state index contributed by atoms with van der Waals surface area (Å²) in [4.78, 5) is 46.1. The normalized spacial score (nSPS) is 11.2. The van der Waals surface area contributed by atoms with Crippen LogP contribution in [0.15, 0.2) is 79.4 Å². The molecule has 0 fully saturated rings. The Balaban J connectivity index is 1.49. The van der Waals surface area contributed by atoms with Crippen LogP contribution in [-0.4, -0.2) is 96.0 Å². The summed E-state index contributed by atoms with van der Waals surface area (Å²) < 4.78 is 1.90. The van der Waals surface area contributed by atoms with Crippen LogP contribution >= 0.6 is 0 Å². The van der Waals surface area contributed by atoms with Crippen LogP contribution in [0.1, 0.15) is 43.7 Å². The van der Waals surface area contributed by atoms with Crippen molar-refractivity contribution in [3.8, 4) is 0 Å². The quantitative estimate of drug-likeness (QED) is 0.174. The van der Waals surface area contributed by atoms with Crippen molar-refractivity contribution in [2.45, 2.75) is 39.2 Å². The molecule has 1 aromatic heterocycles. The molecule has 0 spiro atoms. The van der Waals surface area contributed by atoms with Crippen LogP contribution in [0.2, 0.25) is 0 Å². The van der Waals surface area contributed by atoms with Crippen molar-refractivity contribution in [3.63, 3.8) is 0 Å². The zero-order valence-electron chi connectivity index (χ0n) is 25.6. The highest BCUT2D eigenvalue weighted by Gasteiger charge is 2.19. The summed E-state index contributed by atoms with van der Waals surface area (Å²) >= 11 is 0. The van der Waals surface area contributed by atoms with Gasteiger partial charge in [0.05, 0.1) is 26.0 Å². The minimum absolute atomic E-state index is 0.0158. The van der Waals surface area contributed by atoms with E-state index in [1.807, 2.05) is 47.2 Å². The average Bonchev–Trinajstić information content (AvgIpc) is 3.55. The number of aromatic nitrogens is 2. The van der Waals surface area contributed by atoms with E-state index >= 15 is 0 Å². The molecule has 0 saturated heterocycles. The number of imidazole rings is 1. The van der Waals surface area contributed by atoms with Gasteiger partial charge in [-0.15, -0.1) is 0 Å². The summed E-state index contributed by atoms with van der Waals surface area (Å²) in [6, 6.07) is 20.8. The first-order valence-electron chi connectivity index (χ1n) is 15.3. The van der Waals surface area contributed by atoms with Gasteiger partial charge in [0.1, 0.15) is 0 Å². The molecule has 10 nitrogen and oxygen atoms in total. The molecule has 1 heterocycles. The third kappa shape index (κ3) is 12.5. The van der Waals surface area contributed by atoms with E-state index in [1.165, 1.54) is 11.1 Å². The predicted octanol–water partition coefficient (Wildman–Crippen LogP) is 2.49. The summed E-state index contributed by atoms with van der Waals surface area (Å²) in [5, 5.41) is 8.74. The molecule has 0 radical (unpaired) electrons. The van der Waals surface area contributed by atoms with Crippen molar-refractivity contribution in [1.29, 1.82) is 0 Å². The predicted molar refractivity (Wildman–Crippen MR) is 169 cm³/mol. The van der Waals surface area contributed by atoms with Crippen molar-refractivity contribution in [2.24, 2.45) is 0 Å². The molecular formula is C33H47N7O3. The summed E-state index contributed by atoms with van der Waals surface area (Å²) in [6.45, 7) is 9.21. The van der Waals surface area contributed by atoms with Gasteiger partial charge < -0.3 is 25.0 Å². The Bertz CT molecular complexity index is 1160. The first kappa shape index (κ1) is 33.6. The molecule has 3 N–H and O–H groups in total. The Morgan fingerprint density at radius 1 is 0.837 bits per heavy atom. The molecule has 3 aromatic rings. The van der Waals surface area contributed by atoms with Gasteiger partial charge >= 0.3 is 0 Å². The van der Waals surface area contributed by atoms with Crippen LogP contribution in [-0.2, 0) is 20.9 Å². The molecule has 3 rings (SSSR count). The summed E-state index contributed by atoms with van der Waals surface area (Å²) in [5.74, 6) is -0.847. The standard InChI is InChI=1S/C33H47N7O3/c1-3-38(4-2)20-11-21-40(26-32(42)37-31(41)24-35-18-22-39-23-19-36-27-39)33(43)25-34-17-16-30(28-12-7-5-8-13-28)29-14-9-6-10-15-29/h5-10,12-15,19,23,27,30,34-35H,3-4,11,16-18,20-22,24-26H2,1-2H3,(H,37,41,42). The number of hydrogen-bond donors (Lipinski definition) is 3. The molecule has 43 heavy (non-hydrogen) atoms. The van der Waals surface area contributed by atoms with Crippen LogP contribution in [0.4, 0.5) is 0 Å². The maximum atomic E-state index is 13.3. The SMILES string of the molecule is CCN(CC)CCCN(CC(=O)NC(=O)CNCCn1ccnc1)C(=O)CNCCC(c1ccccc1)c1ccccc1. The number of hydrogen-bond acceptors (Lipinski definition) is 7. The first-order valence-corrected chi connectivity index (χ1v) is 15.3. The molecule has 10 heteroatoms. The summed E-state index contributed by atoms with van der Waals surface area (Å²) in [7, 11) is 0. The fourth-order valence-electron chi connectivity index (χ4n) is 5.01. The molecule has 0 unspecified atom stereocenters. The molecule has 3 amide bonds. The van der Waals surface area contributed by atoms with Crippen molar-refractivity contribution in [2.75, 3.05) is 58.9 Å². The van der Waals surface area contributed by atoms with Gasteiger partial charge in [-0.05, 0) is 50.1 Å². The highest BCUT2D eigenvalue weighted by molar-refractivity contribution is 5.98. The number of nitrogens with zero attached hydrogens (tertiary/aromatic N) is 4. The number of amides is 3. The van der Waals surface area contributed by atoms with Gasteiger partial charge in [-0.1, -0.05) is 74.5 Å². The number of rotatable bonds is 20. The number of nitrogens with one attached hydrogen (secondary N) is 3. The maximum Gasteiger partial charge on any atom is 0.246 e. The Morgan fingerprint density at radius 2 is 1.49 bits per heavy atom. The van der Waals surface area contributed by atoms with Crippen molar-refractivity contribution in [3.05, 3.63) is 90.5 Å². The first-order chi connectivity index (χ1) is 21.0. The van der Waals surface area contributed by atoms with Crippen molar-refractivity contribution in [1.82, 2.24) is 35.3 Å². The minimum Gasteiger partial charge on any atom is -0.336 e. The Labute approximate surface area is 255 Å². The topological polar surface area (TPSA) is 112 Å². The molecule has 0 aliphatic carbocycles. The molecule has 2 aromatic carbocycles. The van der Waals surface area contributed by atoms with E-state index in [0.29, 0.717) is 26.2 Å². The fraction of sp³-hybridized carbons (Fsp3) is 0.455. The van der Waals surface area contributed by atoms with Gasteiger partial charge in [-0.25, -0.2) is 4.98 Å². The van der Waals surface area contributed by atoms with E-state index in [0.717, 1.165) is 32.5 Å². The Morgan fingerprint density at radius 3 is 2.09 bits per heavy atom. The van der Waals surface area contributed by atoms with E-state index in [-0.39, 0.29) is 31.5 Å². The second-order valence-corrected chi connectivity index (χ2v) is 10.5. The van der Waals surface area contributed by atoms with Gasteiger partial charge in [-0.3, -0.25) is 19.7 Å². The van der Waals surface area contributed by atoms with Crippen LogP contribution in [0.3, 0.4) is 0 Å². The zero-order valence-corrected chi connectivity index (χ0v) is 25.6. The van der Waals surface area contributed by atoms with E-state index in [9.17, 15) is 14.4 Å². The van der Waals surface area contributed by atoms with E-state index in [4.69, 9.17) is 0 Å². The zero-order chi connectivity index (χ0) is 30.7. The lowest BCUT2D eigenvalue weighted by atomic mass is 9.88. The van der Waals surface area contributed by atoms with Gasteiger partial charge in [0.15, 0.2) is 0 Å². The third-order valence-electron chi connectivity index (χ3n) is 7.44. The van der Waals surface area contributed by atoms with Gasteiger partial charge in [-0.2, -0.15) is 0 Å². The highest BCUT2D eigenvalue weighted by atomic mass is 16.2. The molecule has 0 bridgehead atoms. The number of carbonyl (C=O) groups is 3. The van der Waals surface area contributed by atoms with Crippen LogP contribution in [0, 0.1) is 0 Å².